The molecule has 1 amide bonds. The van der Waals surface area contributed by atoms with Crippen LogP contribution in [0.2, 0.25) is 0 Å². The monoisotopic (exact) mass is 578 g/mol. The van der Waals surface area contributed by atoms with Crippen molar-refractivity contribution in [1.29, 1.82) is 0 Å². The quantitative estimate of drug-likeness (QED) is 0.366. The minimum absolute atomic E-state index is 0.0609. The third-order valence-corrected chi connectivity index (χ3v) is 8.48. The number of carbonyl (C=O) groups is 2. The molecule has 12 heteroatoms. The molecule has 5 rings (SSSR count). The number of rotatable bonds is 8. The fourth-order valence-electron chi connectivity index (χ4n) is 6.07. The SMILES string of the molecule is C[C@H]1CN([C@@H]2CC[C@@](C(=O)NCc3cncc(C(F)(F)F)c3)(C3CC3)OC2)CCN1c1ccc(F)c(C(=O)CO)c1. The van der Waals surface area contributed by atoms with Crippen LogP contribution in [0.15, 0.2) is 36.7 Å². The van der Waals surface area contributed by atoms with Crippen molar-refractivity contribution in [1.82, 2.24) is 15.2 Å². The molecule has 2 aliphatic heterocycles. The van der Waals surface area contributed by atoms with Gasteiger partial charge in [0.15, 0.2) is 5.78 Å². The molecule has 2 aromatic rings. The largest absolute Gasteiger partial charge is 0.417 e. The predicted octanol–water partition coefficient (Wildman–Crippen LogP) is 3.57. The van der Waals surface area contributed by atoms with Gasteiger partial charge in [0.25, 0.3) is 5.91 Å². The van der Waals surface area contributed by atoms with Gasteiger partial charge in [-0.15, -0.1) is 0 Å². The Morgan fingerprint density at radius 3 is 2.59 bits per heavy atom. The van der Waals surface area contributed by atoms with Gasteiger partial charge in [-0.05, 0) is 68.4 Å². The van der Waals surface area contributed by atoms with E-state index in [0.29, 0.717) is 32.7 Å². The van der Waals surface area contributed by atoms with Crippen molar-refractivity contribution < 1.29 is 37.0 Å². The third kappa shape index (κ3) is 6.24. The van der Waals surface area contributed by atoms with E-state index >= 15 is 0 Å². The minimum Gasteiger partial charge on any atom is -0.388 e. The number of Topliss-reactive ketones (excluding diaryl/α,β-unsaturated/α-hetero) is 1. The molecule has 3 aliphatic rings. The molecule has 1 aromatic heterocycles. The number of benzene rings is 1. The maximum atomic E-state index is 14.1. The van der Waals surface area contributed by atoms with Crippen molar-refractivity contribution in [2.24, 2.45) is 5.92 Å². The van der Waals surface area contributed by atoms with Gasteiger partial charge in [0.2, 0.25) is 0 Å². The van der Waals surface area contributed by atoms with E-state index in [1.807, 2.05) is 0 Å². The highest BCUT2D eigenvalue weighted by molar-refractivity contribution is 5.98. The van der Waals surface area contributed by atoms with Gasteiger partial charge in [-0.2, -0.15) is 13.2 Å². The molecule has 2 N–H and O–H groups in total. The van der Waals surface area contributed by atoms with E-state index in [2.05, 4.69) is 27.0 Å². The number of aromatic nitrogens is 1. The Morgan fingerprint density at radius 1 is 1.17 bits per heavy atom. The van der Waals surface area contributed by atoms with Gasteiger partial charge in [-0.1, -0.05) is 0 Å². The number of aliphatic hydroxyl groups is 1. The number of aliphatic hydroxyl groups excluding tert-OH is 1. The van der Waals surface area contributed by atoms with Gasteiger partial charge in [-0.25, -0.2) is 4.39 Å². The fraction of sp³-hybridized carbons (Fsp3) is 0.552. The highest BCUT2D eigenvalue weighted by Crippen LogP contribution is 2.47. The van der Waals surface area contributed by atoms with Crippen LogP contribution < -0.4 is 10.2 Å². The Labute approximate surface area is 235 Å². The number of ketones is 1. The summed E-state index contributed by atoms with van der Waals surface area (Å²) in [5, 5.41) is 12.0. The molecule has 0 radical (unpaired) electrons. The van der Waals surface area contributed by atoms with Crippen molar-refractivity contribution in [3.8, 4) is 0 Å². The summed E-state index contributed by atoms with van der Waals surface area (Å²) < 4.78 is 59.6. The molecule has 3 fully saturated rings. The Hall–Kier alpha value is -3.09. The van der Waals surface area contributed by atoms with E-state index in [1.54, 1.807) is 6.07 Å². The second-order valence-electron chi connectivity index (χ2n) is 11.2. The summed E-state index contributed by atoms with van der Waals surface area (Å²) in [6.45, 7) is 3.67. The van der Waals surface area contributed by atoms with Crippen molar-refractivity contribution in [3.05, 3.63) is 59.2 Å². The summed E-state index contributed by atoms with van der Waals surface area (Å²) in [6.07, 6.45) is 0.580. The summed E-state index contributed by atoms with van der Waals surface area (Å²) in [4.78, 5) is 33.4. The van der Waals surface area contributed by atoms with Crippen LogP contribution >= 0.6 is 0 Å². The number of nitrogens with one attached hydrogen (secondary N) is 1. The van der Waals surface area contributed by atoms with E-state index in [-0.39, 0.29) is 41.6 Å². The summed E-state index contributed by atoms with van der Waals surface area (Å²) >= 11 is 0. The Morgan fingerprint density at radius 2 is 1.95 bits per heavy atom. The van der Waals surface area contributed by atoms with E-state index in [4.69, 9.17) is 9.84 Å². The van der Waals surface area contributed by atoms with Gasteiger partial charge in [-0.3, -0.25) is 19.5 Å². The number of pyridine rings is 1. The Balaban J connectivity index is 1.18. The average Bonchev–Trinajstić information content (AvgIpc) is 3.82. The number of hydrogen-bond donors (Lipinski definition) is 2. The molecule has 222 valence electrons. The number of anilines is 1. The lowest BCUT2D eigenvalue weighted by Gasteiger charge is -2.48. The smallest absolute Gasteiger partial charge is 0.388 e. The highest BCUT2D eigenvalue weighted by atomic mass is 19.4. The lowest BCUT2D eigenvalue weighted by atomic mass is 9.85. The molecule has 2 saturated heterocycles. The van der Waals surface area contributed by atoms with Crippen LogP contribution in [0.1, 0.15) is 54.1 Å². The van der Waals surface area contributed by atoms with Gasteiger partial charge in [0, 0.05) is 56.3 Å². The zero-order valence-electron chi connectivity index (χ0n) is 22.8. The van der Waals surface area contributed by atoms with Crippen LogP contribution in [0.3, 0.4) is 0 Å². The second-order valence-corrected chi connectivity index (χ2v) is 11.2. The topological polar surface area (TPSA) is 95.0 Å². The van der Waals surface area contributed by atoms with Gasteiger partial charge < -0.3 is 20.1 Å². The zero-order valence-corrected chi connectivity index (χ0v) is 22.8. The van der Waals surface area contributed by atoms with Gasteiger partial charge in [0.1, 0.15) is 18.0 Å². The molecule has 0 unspecified atom stereocenters. The molecule has 1 aromatic carbocycles. The number of amides is 1. The maximum Gasteiger partial charge on any atom is 0.417 e. The molecule has 1 aliphatic carbocycles. The Kier molecular flexibility index (Phi) is 8.36. The van der Waals surface area contributed by atoms with E-state index in [1.165, 1.54) is 18.3 Å². The number of ether oxygens (including phenoxy) is 1. The summed E-state index contributed by atoms with van der Waals surface area (Å²) in [6, 6.07) is 5.53. The first kappa shape index (κ1) is 29.4. The number of hydrogen-bond acceptors (Lipinski definition) is 7. The number of alkyl halides is 3. The molecular weight excluding hydrogens is 544 g/mol. The molecule has 41 heavy (non-hydrogen) atoms. The van der Waals surface area contributed by atoms with Gasteiger partial charge in [0.05, 0.1) is 17.7 Å². The normalized spacial score (nSPS) is 25.7. The van der Waals surface area contributed by atoms with Crippen molar-refractivity contribution >= 4 is 17.4 Å². The van der Waals surface area contributed by atoms with Crippen LogP contribution in [-0.2, 0) is 22.3 Å². The van der Waals surface area contributed by atoms with Crippen molar-refractivity contribution in [3.63, 3.8) is 0 Å². The summed E-state index contributed by atoms with van der Waals surface area (Å²) in [5.74, 6) is -1.52. The Bertz CT molecular complexity index is 1280. The van der Waals surface area contributed by atoms with Crippen LogP contribution in [0.5, 0.6) is 0 Å². The first-order valence-corrected chi connectivity index (χ1v) is 13.9. The molecule has 0 spiro atoms. The van der Waals surface area contributed by atoms with Crippen LogP contribution in [0.4, 0.5) is 23.2 Å². The van der Waals surface area contributed by atoms with E-state index in [0.717, 1.165) is 37.2 Å². The number of nitrogens with zero attached hydrogens (tertiary/aromatic N) is 3. The fourth-order valence-corrected chi connectivity index (χ4v) is 6.07. The second kappa shape index (κ2) is 11.7. The van der Waals surface area contributed by atoms with E-state index in [9.17, 15) is 27.2 Å². The summed E-state index contributed by atoms with van der Waals surface area (Å²) in [7, 11) is 0. The average molecular weight is 579 g/mol. The van der Waals surface area contributed by atoms with Crippen molar-refractivity contribution in [2.45, 2.75) is 63.0 Å². The molecule has 8 nitrogen and oxygen atoms in total. The van der Waals surface area contributed by atoms with Crippen molar-refractivity contribution in [2.75, 3.05) is 37.7 Å². The highest BCUT2D eigenvalue weighted by Gasteiger charge is 2.54. The number of halogens is 4. The standard InChI is InChI=1S/C29H34F4N4O4/c1-18-15-36(8-9-37(18)22-4-5-25(30)24(11-22)26(39)16-38)23-6-7-28(41-17-23,20-2-3-20)27(40)35-13-19-10-21(14-34-12-19)29(31,32)33/h4-5,10-12,14,18,20,23,38H,2-3,6-9,13,15-17H2,1H3,(H,35,40)/t18-,23+,28-/m0/s1. The van der Waals surface area contributed by atoms with E-state index < -0.39 is 35.5 Å². The van der Waals surface area contributed by atoms with Gasteiger partial charge >= 0.3 is 6.18 Å². The number of carbonyl (C=O) groups excluding carboxylic acids is 2. The zero-order chi connectivity index (χ0) is 29.4. The minimum atomic E-state index is -4.51. The third-order valence-electron chi connectivity index (χ3n) is 8.48. The van der Waals surface area contributed by atoms with Crippen LogP contribution in [0, 0.1) is 11.7 Å². The lowest BCUT2D eigenvalue weighted by molar-refractivity contribution is -0.165. The molecule has 0 bridgehead atoms. The molecule has 3 heterocycles. The van der Waals surface area contributed by atoms with Crippen LogP contribution in [-0.4, -0.2) is 77.2 Å². The first-order chi connectivity index (χ1) is 19.5. The lowest BCUT2D eigenvalue weighted by Crippen LogP contribution is -2.60. The first-order valence-electron chi connectivity index (χ1n) is 13.9. The van der Waals surface area contributed by atoms with Crippen LogP contribution in [0.25, 0.3) is 0 Å². The number of piperazine rings is 1. The molecular formula is C29H34F4N4O4. The maximum absolute atomic E-state index is 14.1. The predicted molar refractivity (Wildman–Crippen MR) is 142 cm³/mol. The molecule has 1 saturated carbocycles. The molecule has 3 atom stereocenters. The summed E-state index contributed by atoms with van der Waals surface area (Å²) in [5.41, 5.74) is -0.975.